The first-order chi connectivity index (χ1) is 8.15. The Labute approximate surface area is 102 Å². The van der Waals surface area contributed by atoms with Crippen LogP contribution in [0.3, 0.4) is 0 Å². The maximum absolute atomic E-state index is 11.3. The Kier molecular flexibility index (Phi) is 5.97. The van der Waals surface area contributed by atoms with Crippen LogP contribution in [0.15, 0.2) is 0 Å². The van der Waals surface area contributed by atoms with E-state index >= 15 is 0 Å². The van der Waals surface area contributed by atoms with E-state index in [2.05, 4.69) is 5.32 Å². The minimum atomic E-state index is -0.456. The molecule has 17 heavy (non-hydrogen) atoms. The van der Waals surface area contributed by atoms with E-state index in [1.54, 1.807) is 6.92 Å². The largest absolute Gasteiger partial charge is 0.466 e. The third kappa shape index (κ3) is 5.17. The van der Waals surface area contributed by atoms with E-state index in [-0.39, 0.29) is 17.9 Å². The first kappa shape index (κ1) is 14.0. The van der Waals surface area contributed by atoms with Crippen LogP contribution in [0.25, 0.3) is 0 Å². The molecule has 1 amide bonds. The van der Waals surface area contributed by atoms with Crippen LogP contribution in [0.5, 0.6) is 0 Å². The summed E-state index contributed by atoms with van der Waals surface area (Å²) in [7, 11) is 0. The number of amides is 1. The maximum atomic E-state index is 11.3. The molecule has 0 aromatic carbocycles. The van der Waals surface area contributed by atoms with Gasteiger partial charge in [-0.25, -0.2) is 0 Å². The first-order valence-electron chi connectivity index (χ1n) is 6.21. The van der Waals surface area contributed by atoms with E-state index in [1.165, 1.54) is 0 Å². The van der Waals surface area contributed by atoms with Crippen molar-refractivity contribution in [3.8, 4) is 0 Å². The Balaban J connectivity index is 2.21. The van der Waals surface area contributed by atoms with Crippen LogP contribution in [0, 0.1) is 5.92 Å². The lowest BCUT2D eigenvalue weighted by Crippen LogP contribution is -2.39. The molecule has 0 radical (unpaired) electrons. The molecule has 0 aliphatic heterocycles. The lowest BCUT2D eigenvalue weighted by molar-refractivity contribution is -0.144. The standard InChI is InChI=1S/C12H21NO4/c1-2-17-12(16)7-9-3-5-10(6-4-9)13-11(15)8-14/h9-10,14H,2-8H2,1H3,(H,13,15). The van der Waals surface area contributed by atoms with Gasteiger partial charge in [0.25, 0.3) is 0 Å². The number of rotatable bonds is 5. The van der Waals surface area contributed by atoms with Crippen molar-refractivity contribution < 1.29 is 19.4 Å². The van der Waals surface area contributed by atoms with E-state index in [0.29, 0.717) is 18.9 Å². The zero-order chi connectivity index (χ0) is 12.7. The zero-order valence-corrected chi connectivity index (χ0v) is 10.3. The molecule has 1 aliphatic carbocycles. The quantitative estimate of drug-likeness (QED) is 0.694. The molecule has 5 heteroatoms. The number of ether oxygens (including phenoxy) is 1. The van der Waals surface area contributed by atoms with Crippen molar-refractivity contribution in [1.82, 2.24) is 5.32 Å². The molecule has 5 nitrogen and oxygen atoms in total. The molecular formula is C12H21NO4. The summed E-state index contributed by atoms with van der Waals surface area (Å²) in [5, 5.41) is 11.4. The number of hydrogen-bond donors (Lipinski definition) is 2. The third-order valence-electron chi connectivity index (χ3n) is 3.12. The van der Waals surface area contributed by atoms with Crippen LogP contribution in [0.2, 0.25) is 0 Å². The summed E-state index contributed by atoms with van der Waals surface area (Å²) in [6.45, 7) is 1.78. The lowest BCUT2D eigenvalue weighted by Gasteiger charge is -2.28. The highest BCUT2D eigenvalue weighted by Gasteiger charge is 2.24. The highest BCUT2D eigenvalue weighted by molar-refractivity contribution is 5.77. The van der Waals surface area contributed by atoms with Gasteiger partial charge in [0.1, 0.15) is 6.61 Å². The molecule has 0 unspecified atom stereocenters. The SMILES string of the molecule is CCOC(=O)CC1CCC(NC(=O)CO)CC1. The van der Waals surface area contributed by atoms with Gasteiger partial charge in [0.15, 0.2) is 0 Å². The second-order valence-corrected chi connectivity index (χ2v) is 4.45. The number of aliphatic hydroxyl groups excluding tert-OH is 1. The van der Waals surface area contributed by atoms with Crippen LogP contribution in [-0.2, 0) is 14.3 Å². The fraction of sp³-hybridized carbons (Fsp3) is 0.833. The second-order valence-electron chi connectivity index (χ2n) is 4.45. The Morgan fingerprint density at radius 1 is 1.29 bits per heavy atom. The van der Waals surface area contributed by atoms with Crippen molar-refractivity contribution in [2.45, 2.75) is 45.1 Å². The van der Waals surface area contributed by atoms with Gasteiger partial charge in [0.05, 0.1) is 6.61 Å². The van der Waals surface area contributed by atoms with E-state index in [4.69, 9.17) is 9.84 Å². The summed E-state index contributed by atoms with van der Waals surface area (Å²) in [6.07, 6.45) is 4.07. The monoisotopic (exact) mass is 243 g/mol. The Morgan fingerprint density at radius 2 is 1.94 bits per heavy atom. The van der Waals surface area contributed by atoms with Crippen LogP contribution >= 0.6 is 0 Å². The number of carbonyl (C=O) groups excluding carboxylic acids is 2. The number of carbonyl (C=O) groups is 2. The van der Waals surface area contributed by atoms with Crippen molar-refractivity contribution in [2.75, 3.05) is 13.2 Å². The fourth-order valence-electron chi connectivity index (χ4n) is 2.24. The van der Waals surface area contributed by atoms with Crippen molar-refractivity contribution in [2.24, 2.45) is 5.92 Å². The van der Waals surface area contributed by atoms with Crippen LogP contribution in [0.1, 0.15) is 39.0 Å². The molecule has 2 N–H and O–H groups in total. The van der Waals surface area contributed by atoms with Crippen molar-refractivity contribution in [3.05, 3.63) is 0 Å². The maximum Gasteiger partial charge on any atom is 0.306 e. The third-order valence-corrected chi connectivity index (χ3v) is 3.12. The normalized spacial score (nSPS) is 24.1. The van der Waals surface area contributed by atoms with Gasteiger partial charge in [-0.1, -0.05) is 0 Å². The van der Waals surface area contributed by atoms with Crippen molar-refractivity contribution in [1.29, 1.82) is 0 Å². The smallest absolute Gasteiger partial charge is 0.306 e. The van der Waals surface area contributed by atoms with Gasteiger partial charge in [-0.15, -0.1) is 0 Å². The van der Waals surface area contributed by atoms with Crippen LogP contribution in [0.4, 0.5) is 0 Å². The molecule has 0 atom stereocenters. The summed E-state index contributed by atoms with van der Waals surface area (Å²) in [4.78, 5) is 22.3. The van der Waals surface area contributed by atoms with Crippen LogP contribution < -0.4 is 5.32 Å². The number of aliphatic hydroxyl groups is 1. The number of esters is 1. The summed E-state index contributed by atoms with van der Waals surface area (Å²) in [5.74, 6) is -0.0782. The average molecular weight is 243 g/mol. The summed E-state index contributed by atoms with van der Waals surface area (Å²) in [6, 6.07) is 0.146. The van der Waals surface area contributed by atoms with E-state index in [1.807, 2.05) is 0 Å². The molecular weight excluding hydrogens is 222 g/mol. The highest BCUT2D eigenvalue weighted by atomic mass is 16.5. The average Bonchev–Trinajstić information content (AvgIpc) is 2.32. The highest BCUT2D eigenvalue weighted by Crippen LogP contribution is 2.27. The molecule has 1 aliphatic rings. The first-order valence-corrected chi connectivity index (χ1v) is 6.21. The van der Waals surface area contributed by atoms with Gasteiger partial charge in [-0.2, -0.15) is 0 Å². The molecule has 1 saturated carbocycles. The summed E-state index contributed by atoms with van der Waals surface area (Å²) < 4.78 is 4.91. The lowest BCUT2D eigenvalue weighted by atomic mass is 9.84. The van der Waals surface area contributed by atoms with E-state index < -0.39 is 6.61 Å². The topological polar surface area (TPSA) is 75.6 Å². The zero-order valence-electron chi connectivity index (χ0n) is 10.3. The van der Waals surface area contributed by atoms with Gasteiger partial charge in [-0.3, -0.25) is 9.59 Å². The van der Waals surface area contributed by atoms with Gasteiger partial charge in [0.2, 0.25) is 5.91 Å². The number of nitrogens with one attached hydrogen (secondary N) is 1. The minimum absolute atomic E-state index is 0.129. The molecule has 1 fully saturated rings. The molecule has 98 valence electrons. The molecule has 0 saturated heterocycles. The molecule has 0 aromatic rings. The van der Waals surface area contributed by atoms with Gasteiger partial charge in [-0.05, 0) is 38.5 Å². The van der Waals surface area contributed by atoms with Gasteiger partial charge < -0.3 is 15.2 Å². The molecule has 0 bridgehead atoms. The second kappa shape index (κ2) is 7.27. The fourth-order valence-corrected chi connectivity index (χ4v) is 2.24. The van der Waals surface area contributed by atoms with Gasteiger partial charge >= 0.3 is 5.97 Å². The van der Waals surface area contributed by atoms with E-state index in [0.717, 1.165) is 25.7 Å². The van der Waals surface area contributed by atoms with Gasteiger partial charge in [0, 0.05) is 12.5 Å². The van der Waals surface area contributed by atoms with E-state index in [9.17, 15) is 9.59 Å². The predicted octanol–water partition coefficient (Wildman–Crippen LogP) is 0.607. The minimum Gasteiger partial charge on any atom is -0.466 e. The van der Waals surface area contributed by atoms with Crippen molar-refractivity contribution >= 4 is 11.9 Å². The molecule has 1 rings (SSSR count). The Bertz CT molecular complexity index is 259. The Hall–Kier alpha value is -1.10. The molecule has 0 aromatic heterocycles. The predicted molar refractivity (Wildman–Crippen MR) is 62.2 cm³/mol. The van der Waals surface area contributed by atoms with Crippen LogP contribution in [-0.4, -0.2) is 36.2 Å². The Morgan fingerprint density at radius 3 is 2.47 bits per heavy atom. The van der Waals surface area contributed by atoms with Crippen molar-refractivity contribution in [3.63, 3.8) is 0 Å². The molecule has 0 spiro atoms. The summed E-state index contributed by atoms with van der Waals surface area (Å²) >= 11 is 0. The summed E-state index contributed by atoms with van der Waals surface area (Å²) in [5.41, 5.74) is 0. The molecule has 0 heterocycles. The number of hydrogen-bond acceptors (Lipinski definition) is 4.